The van der Waals surface area contributed by atoms with Gasteiger partial charge in [-0.25, -0.2) is 4.79 Å². The number of Topliss-reactive ketones (excluding diaryl/α,β-unsaturated/α-hetero) is 2. The van der Waals surface area contributed by atoms with Crippen molar-refractivity contribution in [1.29, 1.82) is 0 Å². The van der Waals surface area contributed by atoms with Crippen LogP contribution in [0, 0.1) is 6.92 Å². The fourth-order valence-corrected chi connectivity index (χ4v) is 3.17. The Morgan fingerprint density at radius 2 is 1.72 bits per heavy atom. The second-order valence-corrected chi connectivity index (χ2v) is 6.76. The Morgan fingerprint density at radius 3 is 2.41 bits per heavy atom. The molecule has 150 valence electrons. The van der Waals surface area contributed by atoms with Crippen LogP contribution in [0.3, 0.4) is 0 Å². The third-order valence-corrected chi connectivity index (χ3v) is 4.67. The van der Waals surface area contributed by atoms with Gasteiger partial charge in [0.1, 0.15) is 5.75 Å². The van der Waals surface area contributed by atoms with Crippen molar-refractivity contribution in [2.45, 2.75) is 33.3 Å². The van der Waals surface area contributed by atoms with Crippen molar-refractivity contribution in [2.75, 3.05) is 6.61 Å². The zero-order chi connectivity index (χ0) is 21.0. The summed E-state index contributed by atoms with van der Waals surface area (Å²) in [4.78, 5) is 39.7. The third kappa shape index (κ3) is 4.54. The van der Waals surface area contributed by atoms with Gasteiger partial charge in [-0.1, -0.05) is 25.1 Å². The molecule has 0 spiro atoms. The van der Waals surface area contributed by atoms with Gasteiger partial charge in [0.15, 0.2) is 18.5 Å². The minimum absolute atomic E-state index is 0.0378. The van der Waals surface area contributed by atoms with Gasteiger partial charge in [-0.15, -0.1) is 0 Å². The van der Waals surface area contributed by atoms with Gasteiger partial charge in [0.25, 0.3) is 0 Å². The molecule has 0 aliphatic carbocycles. The summed E-state index contributed by atoms with van der Waals surface area (Å²) >= 11 is 0. The maximum absolute atomic E-state index is 12.8. The Morgan fingerprint density at radius 1 is 1.03 bits per heavy atom. The highest BCUT2D eigenvalue weighted by Gasteiger charge is 2.24. The van der Waals surface area contributed by atoms with Gasteiger partial charge < -0.3 is 14.5 Å². The number of para-hydroxylation sites is 1. The molecule has 3 rings (SSSR count). The van der Waals surface area contributed by atoms with E-state index in [1.807, 2.05) is 31.2 Å². The maximum Gasteiger partial charge on any atom is 0.344 e. The lowest BCUT2D eigenvalue weighted by Gasteiger charge is -2.13. The number of ether oxygens (including phenoxy) is 2. The summed E-state index contributed by atoms with van der Waals surface area (Å²) < 4.78 is 10.7. The average Bonchev–Trinajstić information content (AvgIpc) is 3.07. The summed E-state index contributed by atoms with van der Waals surface area (Å²) in [6, 6.07) is 14.0. The number of carbonyl (C=O) groups excluding carboxylic acids is 3. The van der Waals surface area contributed by atoms with E-state index < -0.39 is 12.1 Å². The second-order valence-electron chi connectivity index (χ2n) is 6.76. The summed E-state index contributed by atoms with van der Waals surface area (Å²) in [6.07, 6.45) is -0.512. The van der Waals surface area contributed by atoms with Crippen LogP contribution in [-0.2, 0) is 9.53 Å². The van der Waals surface area contributed by atoms with E-state index in [0.29, 0.717) is 23.3 Å². The molecule has 0 aliphatic rings. The molecule has 3 aromatic rings. The number of hydrogen-bond donors (Lipinski definition) is 1. The molecule has 0 amide bonds. The number of esters is 1. The van der Waals surface area contributed by atoms with E-state index in [4.69, 9.17) is 9.47 Å². The largest absolute Gasteiger partial charge is 0.482 e. The number of nitrogens with one attached hydrogen (secondary N) is 1. The third-order valence-electron chi connectivity index (χ3n) is 4.67. The number of ketones is 2. The van der Waals surface area contributed by atoms with E-state index in [9.17, 15) is 14.4 Å². The number of aromatic nitrogens is 1. The fourth-order valence-electron chi connectivity index (χ4n) is 3.17. The van der Waals surface area contributed by atoms with Gasteiger partial charge in [0.2, 0.25) is 5.78 Å². The van der Waals surface area contributed by atoms with Crippen molar-refractivity contribution in [3.8, 4) is 5.75 Å². The number of aromatic amines is 1. The van der Waals surface area contributed by atoms with Gasteiger partial charge in [-0.3, -0.25) is 9.59 Å². The number of fused-ring (bicyclic) bond motifs is 1. The zero-order valence-corrected chi connectivity index (χ0v) is 16.7. The van der Waals surface area contributed by atoms with Crippen LogP contribution in [0.15, 0.2) is 48.5 Å². The Labute approximate surface area is 168 Å². The van der Waals surface area contributed by atoms with E-state index in [0.717, 1.165) is 16.6 Å². The number of carbonyl (C=O) groups is 3. The van der Waals surface area contributed by atoms with Crippen LogP contribution in [0.4, 0.5) is 0 Å². The van der Waals surface area contributed by atoms with Gasteiger partial charge in [-0.2, -0.15) is 0 Å². The molecular weight excluding hydrogens is 370 g/mol. The first-order chi connectivity index (χ1) is 13.9. The van der Waals surface area contributed by atoms with Crippen LogP contribution >= 0.6 is 0 Å². The Kier molecular flexibility index (Phi) is 6.12. The number of H-pyrrole nitrogens is 1. The standard InChI is InChI=1S/C23H23NO5/c1-4-20(25)16-9-11-17(12-10-16)28-13-21(26)29-15(3)23(27)22-14(2)24-19-8-6-5-7-18(19)22/h5-12,15,24H,4,13H2,1-3H3/t15-/m1/s1. The summed E-state index contributed by atoms with van der Waals surface area (Å²) in [5.74, 6) is -0.426. The molecule has 0 radical (unpaired) electrons. The highest BCUT2D eigenvalue weighted by molar-refractivity contribution is 6.11. The van der Waals surface area contributed by atoms with Crippen LogP contribution in [0.1, 0.15) is 46.7 Å². The lowest BCUT2D eigenvalue weighted by molar-refractivity contribution is -0.148. The Hall–Kier alpha value is -3.41. The van der Waals surface area contributed by atoms with Crippen molar-refractivity contribution < 1.29 is 23.9 Å². The van der Waals surface area contributed by atoms with Crippen LogP contribution < -0.4 is 4.74 Å². The van der Waals surface area contributed by atoms with Gasteiger partial charge in [0, 0.05) is 34.1 Å². The molecule has 0 saturated carbocycles. The van der Waals surface area contributed by atoms with Crippen molar-refractivity contribution in [3.05, 3.63) is 65.4 Å². The highest BCUT2D eigenvalue weighted by atomic mass is 16.6. The first-order valence-electron chi connectivity index (χ1n) is 9.47. The second kappa shape index (κ2) is 8.73. The van der Waals surface area contributed by atoms with Crippen molar-refractivity contribution in [3.63, 3.8) is 0 Å². The SMILES string of the molecule is CCC(=O)c1ccc(OCC(=O)O[C@H](C)C(=O)c2c(C)[nH]c3ccccc23)cc1. The molecule has 0 fully saturated rings. The van der Waals surface area contributed by atoms with E-state index in [2.05, 4.69) is 4.98 Å². The van der Waals surface area contributed by atoms with E-state index >= 15 is 0 Å². The molecule has 1 heterocycles. The number of hydrogen-bond acceptors (Lipinski definition) is 5. The summed E-state index contributed by atoms with van der Waals surface area (Å²) in [5, 5.41) is 0.802. The average molecular weight is 393 g/mol. The zero-order valence-electron chi connectivity index (χ0n) is 16.7. The predicted molar refractivity (Wildman–Crippen MR) is 109 cm³/mol. The summed E-state index contributed by atoms with van der Waals surface area (Å²) in [5.41, 5.74) is 2.71. The van der Waals surface area contributed by atoms with E-state index in [1.165, 1.54) is 0 Å². The Balaban J connectivity index is 1.59. The molecule has 0 unspecified atom stereocenters. The van der Waals surface area contributed by atoms with Gasteiger partial charge in [0.05, 0.1) is 0 Å². The van der Waals surface area contributed by atoms with Crippen molar-refractivity contribution >= 4 is 28.4 Å². The topological polar surface area (TPSA) is 85.5 Å². The molecule has 0 aliphatic heterocycles. The first-order valence-corrected chi connectivity index (χ1v) is 9.47. The molecule has 2 aromatic carbocycles. The van der Waals surface area contributed by atoms with Crippen LogP contribution in [0.25, 0.3) is 10.9 Å². The van der Waals surface area contributed by atoms with Crippen LogP contribution in [-0.4, -0.2) is 35.2 Å². The van der Waals surface area contributed by atoms with Gasteiger partial charge in [-0.05, 0) is 44.2 Å². The summed E-state index contributed by atoms with van der Waals surface area (Å²) in [6.45, 7) is 4.83. The number of rotatable bonds is 8. The van der Waals surface area contributed by atoms with Crippen LogP contribution in [0.5, 0.6) is 5.75 Å². The quantitative estimate of drug-likeness (QED) is 0.456. The van der Waals surface area contributed by atoms with Crippen molar-refractivity contribution in [2.24, 2.45) is 0 Å². The number of benzene rings is 2. The molecule has 1 aromatic heterocycles. The number of aryl methyl sites for hydroxylation is 1. The highest BCUT2D eigenvalue weighted by Crippen LogP contribution is 2.24. The molecule has 1 atom stereocenters. The minimum atomic E-state index is -0.937. The molecule has 0 bridgehead atoms. The van der Waals surface area contributed by atoms with Crippen LogP contribution in [0.2, 0.25) is 0 Å². The smallest absolute Gasteiger partial charge is 0.344 e. The van der Waals surface area contributed by atoms with Gasteiger partial charge >= 0.3 is 5.97 Å². The minimum Gasteiger partial charge on any atom is -0.482 e. The van der Waals surface area contributed by atoms with Crippen molar-refractivity contribution in [1.82, 2.24) is 4.98 Å². The lowest BCUT2D eigenvalue weighted by atomic mass is 10.0. The van der Waals surface area contributed by atoms with E-state index in [1.54, 1.807) is 38.1 Å². The molecule has 1 N–H and O–H groups in total. The molecule has 6 nitrogen and oxygen atoms in total. The first kappa shape index (κ1) is 20.3. The normalized spacial score (nSPS) is 11.8. The summed E-state index contributed by atoms with van der Waals surface area (Å²) in [7, 11) is 0. The monoisotopic (exact) mass is 393 g/mol. The molecule has 0 saturated heterocycles. The fraction of sp³-hybridized carbons (Fsp3) is 0.261. The molecule has 29 heavy (non-hydrogen) atoms. The predicted octanol–water partition coefficient (Wildman–Crippen LogP) is 4.26. The molecular formula is C23H23NO5. The lowest BCUT2D eigenvalue weighted by Crippen LogP contribution is -2.27. The van der Waals surface area contributed by atoms with E-state index in [-0.39, 0.29) is 18.2 Å². The maximum atomic E-state index is 12.8. The Bertz CT molecular complexity index is 1050. The molecule has 6 heteroatoms.